The number of nitrogens with one attached hydrogen (secondary N) is 6. The van der Waals surface area contributed by atoms with E-state index >= 15 is 0 Å². The number of carboxylic acids is 2. The van der Waals surface area contributed by atoms with Gasteiger partial charge >= 0.3 is 11.9 Å². The van der Waals surface area contributed by atoms with Gasteiger partial charge in [0.15, 0.2) is 0 Å². The highest BCUT2D eigenvalue weighted by molar-refractivity contribution is 5.97. The maximum Gasteiger partial charge on any atom is 0.326 e. The number of H-pyrrole nitrogens is 1. The van der Waals surface area contributed by atoms with Crippen molar-refractivity contribution in [3.63, 3.8) is 0 Å². The molecule has 0 aliphatic rings. The first-order chi connectivity index (χ1) is 26.4. The molecule has 12 N–H and O–H groups in total. The van der Waals surface area contributed by atoms with Crippen LogP contribution in [-0.2, 0) is 46.4 Å². The lowest BCUT2D eigenvalue weighted by molar-refractivity contribution is -0.142. The number of hydrogen-bond acceptors (Lipinski definition) is 10. The number of benzene rings is 2. The maximum atomic E-state index is 13.9. The summed E-state index contributed by atoms with van der Waals surface area (Å²) >= 11 is 0. The number of hydrogen-bond donors (Lipinski definition) is 11. The second kappa shape index (κ2) is 20.6. The van der Waals surface area contributed by atoms with Crippen molar-refractivity contribution in [3.05, 3.63) is 65.9 Å². The molecule has 5 amide bonds. The molecule has 3 rings (SSSR count). The lowest BCUT2D eigenvalue weighted by atomic mass is 10.00. The van der Waals surface area contributed by atoms with Crippen molar-refractivity contribution in [1.82, 2.24) is 31.6 Å². The lowest BCUT2D eigenvalue weighted by Gasteiger charge is -2.28. The van der Waals surface area contributed by atoms with E-state index in [0.717, 1.165) is 5.52 Å². The fraction of sp³-hybridized carbons (Fsp3) is 0.447. The number of phenols is 1. The Morgan fingerprint density at radius 1 is 0.679 bits per heavy atom. The normalized spacial score (nSPS) is 14.5. The van der Waals surface area contributed by atoms with Gasteiger partial charge in [0, 0.05) is 36.4 Å². The number of carbonyl (C=O) groups is 7. The van der Waals surface area contributed by atoms with E-state index in [0.29, 0.717) is 16.5 Å². The first-order valence-electron chi connectivity index (χ1n) is 18.1. The van der Waals surface area contributed by atoms with Crippen molar-refractivity contribution in [1.29, 1.82) is 0 Å². The fourth-order valence-electron chi connectivity index (χ4n) is 5.69. The Kier molecular flexibility index (Phi) is 16.3. The van der Waals surface area contributed by atoms with Gasteiger partial charge in [-0.3, -0.25) is 28.8 Å². The van der Waals surface area contributed by atoms with Gasteiger partial charge in [-0.2, -0.15) is 0 Å². The number of amides is 5. The minimum Gasteiger partial charge on any atom is -0.508 e. The van der Waals surface area contributed by atoms with Crippen LogP contribution in [-0.4, -0.2) is 110 Å². The van der Waals surface area contributed by atoms with Crippen LogP contribution in [0, 0.1) is 11.8 Å². The summed E-state index contributed by atoms with van der Waals surface area (Å²) in [5, 5.41) is 51.9. The Morgan fingerprint density at radius 3 is 1.84 bits per heavy atom. The summed E-state index contributed by atoms with van der Waals surface area (Å²) in [5.41, 5.74) is 7.65. The molecule has 56 heavy (non-hydrogen) atoms. The van der Waals surface area contributed by atoms with Gasteiger partial charge in [-0.1, -0.05) is 58.0 Å². The molecule has 0 saturated heterocycles. The molecule has 0 unspecified atom stereocenters. The monoisotopic (exact) mass is 781 g/mol. The topological polar surface area (TPSA) is 302 Å². The number of aromatic amines is 1. The van der Waals surface area contributed by atoms with E-state index in [2.05, 4.69) is 31.6 Å². The molecule has 2 aromatic carbocycles. The van der Waals surface area contributed by atoms with Crippen molar-refractivity contribution in [2.24, 2.45) is 17.6 Å². The molecule has 18 nitrogen and oxygen atoms in total. The molecule has 1 heterocycles. The predicted molar refractivity (Wildman–Crippen MR) is 203 cm³/mol. The van der Waals surface area contributed by atoms with Gasteiger partial charge in [-0.25, -0.2) is 4.79 Å². The number of para-hydroxylation sites is 1. The molecule has 3 aromatic rings. The molecule has 0 bridgehead atoms. The van der Waals surface area contributed by atoms with E-state index < -0.39 is 103 Å². The second-order valence-electron chi connectivity index (χ2n) is 14.1. The number of aromatic nitrogens is 1. The Labute approximate surface area is 323 Å². The number of carboxylic acid groups (broad SMARTS) is 2. The number of aromatic hydroxyl groups is 1. The number of nitrogens with two attached hydrogens (primary N) is 1. The average Bonchev–Trinajstić information content (AvgIpc) is 3.56. The zero-order valence-electron chi connectivity index (χ0n) is 31.6. The quantitative estimate of drug-likeness (QED) is 0.0662. The van der Waals surface area contributed by atoms with E-state index in [1.54, 1.807) is 58.2 Å². The third kappa shape index (κ3) is 12.8. The SMILES string of the molecule is CC(C)[C@H](N)C(=O)N[C@@H](CO)C(=O)N[C@H](C(=O)N[C@@H](CCC(=O)O)C(=O)N[C@@H](Cc1c[nH]c2ccccc12)C(=O)N[C@@H](Cc1ccc(O)cc1)C(=O)O)C(C)C. The Balaban J connectivity index is 1.88. The molecular formula is C38H51N7O11. The molecule has 0 saturated carbocycles. The van der Waals surface area contributed by atoms with Crippen LogP contribution < -0.4 is 32.3 Å². The van der Waals surface area contributed by atoms with E-state index in [1.807, 2.05) is 0 Å². The predicted octanol–water partition coefficient (Wildman–Crippen LogP) is -0.336. The third-order valence-corrected chi connectivity index (χ3v) is 9.09. The number of fused-ring (bicyclic) bond motifs is 1. The Hall–Kier alpha value is -6.01. The van der Waals surface area contributed by atoms with Crippen molar-refractivity contribution >= 4 is 52.4 Å². The van der Waals surface area contributed by atoms with Crippen molar-refractivity contribution in [3.8, 4) is 5.75 Å². The number of carbonyl (C=O) groups excluding carboxylic acids is 5. The Bertz CT molecular complexity index is 1860. The van der Waals surface area contributed by atoms with Crippen LogP contribution in [0.1, 0.15) is 51.7 Å². The zero-order valence-corrected chi connectivity index (χ0v) is 31.6. The zero-order chi connectivity index (χ0) is 41.7. The highest BCUT2D eigenvalue weighted by Gasteiger charge is 2.34. The van der Waals surface area contributed by atoms with Gasteiger partial charge in [-0.15, -0.1) is 0 Å². The van der Waals surface area contributed by atoms with Crippen LogP contribution in [0.3, 0.4) is 0 Å². The van der Waals surface area contributed by atoms with Gasteiger partial charge in [0.1, 0.15) is 36.0 Å². The molecule has 18 heteroatoms. The van der Waals surface area contributed by atoms with E-state index in [4.69, 9.17) is 5.73 Å². The second-order valence-corrected chi connectivity index (χ2v) is 14.1. The van der Waals surface area contributed by atoms with Gasteiger partial charge in [0.2, 0.25) is 29.5 Å². The summed E-state index contributed by atoms with van der Waals surface area (Å²) in [6, 6.07) is 4.62. The molecule has 1 aromatic heterocycles. The number of aliphatic hydroxyl groups is 1. The summed E-state index contributed by atoms with van der Waals surface area (Å²) in [6.07, 6.45) is 0.291. The minimum absolute atomic E-state index is 0.0389. The standard InChI is InChI=1S/C38H51N7O11/c1-19(2)31(39)36(53)44-29(18-46)35(52)45-32(20(3)4)37(54)41-26(13-14-30(48)49)33(50)42-27(16-22-17-40-25-8-6-5-7-24(22)25)34(51)43-28(38(55)56)15-21-9-11-23(47)12-10-21/h5-12,17,19-20,26-29,31-32,40,46-47H,13-16,18,39H2,1-4H3,(H,41,54)(H,42,50)(H,43,51)(H,44,53)(H,45,52)(H,48,49)(H,55,56)/t26-,27-,28-,29-,31-,32-/m0/s1. The molecule has 0 spiro atoms. The number of aliphatic hydroxyl groups excluding tert-OH is 1. The summed E-state index contributed by atoms with van der Waals surface area (Å²) in [4.78, 5) is 94.0. The largest absolute Gasteiger partial charge is 0.508 e. The first kappa shape index (κ1) is 44.4. The summed E-state index contributed by atoms with van der Waals surface area (Å²) in [5.74, 6) is -7.99. The average molecular weight is 782 g/mol. The number of phenolic OH excluding ortho intramolecular Hbond substituents is 1. The van der Waals surface area contributed by atoms with Crippen LogP contribution in [0.5, 0.6) is 5.75 Å². The fourth-order valence-corrected chi connectivity index (χ4v) is 5.69. The minimum atomic E-state index is -1.56. The number of rotatable bonds is 21. The van der Waals surface area contributed by atoms with Gasteiger partial charge in [-0.05, 0) is 47.6 Å². The molecule has 0 aliphatic carbocycles. The first-order valence-corrected chi connectivity index (χ1v) is 18.1. The van der Waals surface area contributed by atoms with Crippen LogP contribution in [0.4, 0.5) is 0 Å². The summed E-state index contributed by atoms with van der Waals surface area (Å²) in [7, 11) is 0. The van der Waals surface area contributed by atoms with Crippen molar-refractivity contribution in [2.75, 3.05) is 6.61 Å². The van der Waals surface area contributed by atoms with Crippen LogP contribution >= 0.6 is 0 Å². The van der Waals surface area contributed by atoms with Gasteiger partial charge in [0.05, 0.1) is 12.6 Å². The van der Waals surface area contributed by atoms with E-state index in [9.17, 15) is 54.0 Å². The number of aliphatic carboxylic acids is 2. The van der Waals surface area contributed by atoms with Crippen LogP contribution in [0.15, 0.2) is 54.7 Å². The van der Waals surface area contributed by atoms with E-state index in [1.165, 1.54) is 24.3 Å². The third-order valence-electron chi connectivity index (χ3n) is 9.09. The molecule has 0 aliphatic heterocycles. The highest BCUT2D eigenvalue weighted by Crippen LogP contribution is 2.20. The van der Waals surface area contributed by atoms with Crippen LogP contribution in [0.2, 0.25) is 0 Å². The Morgan fingerprint density at radius 2 is 1.25 bits per heavy atom. The molecule has 6 atom stereocenters. The summed E-state index contributed by atoms with van der Waals surface area (Å²) < 4.78 is 0. The highest BCUT2D eigenvalue weighted by atomic mass is 16.4. The molecule has 0 radical (unpaired) electrons. The van der Waals surface area contributed by atoms with Crippen molar-refractivity contribution in [2.45, 2.75) is 89.6 Å². The van der Waals surface area contributed by atoms with Crippen LogP contribution in [0.25, 0.3) is 10.9 Å². The van der Waals surface area contributed by atoms with E-state index in [-0.39, 0.29) is 24.5 Å². The smallest absolute Gasteiger partial charge is 0.326 e. The lowest BCUT2D eigenvalue weighted by Crippen LogP contribution is -2.61. The molecule has 304 valence electrons. The molecule has 0 fully saturated rings. The summed E-state index contributed by atoms with van der Waals surface area (Å²) in [6.45, 7) is 5.72. The van der Waals surface area contributed by atoms with Gasteiger partial charge in [0.25, 0.3) is 0 Å². The maximum absolute atomic E-state index is 13.9. The van der Waals surface area contributed by atoms with Crippen molar-refractivity contribution < 1.29 is 54.0 Å². The van der Waals surface area contributed by atoms with Gasteiger partial charge < -0.3 is 57.7 Å². The molecular weight excluding hydrogens is 730 g/mol.